The molecule has 2 aliphatic heterocycles. The minimum Gasteiger partial charge on any atom is -0.339 e. The van der Waals surface area contributed by atoms with E-state index in [-0.39, 0.29) is 29.3 Å². The molecule has 2 saturated heterocycles. The van der Waals surface area contributed by atoms with E-state index in [0.717, 1.165) is 51.7 Å². The van der Waals surface area contributed by atoms with Gasteiger partial charge in [0, 0.05) is 31.2 Å². The second-order valence-electron chi connectivity index (χ2n) is 7.78. The van der Waals surface area contributed by atoms with Crippen molar-refractivity contribution < 1.29 is 13.2 Å². The third-order valence-corrected chi connectivity index (χ3v) is 7.83. The Morgan fingerprint density at radius 3 is 2.50 bits per heavy atom. The first kappa shape index (κ1) is 23.1. The summed E-state index contributed by atoms with van der Waals surface area (Å²) in [6.45, 7) is 4.95. The van der Waals surface area contributed by atoms with Crippen LogP contribution in [0.3, 0.4) is 0 Å². The number of piperidine rings is 2. The van der Waals surface area contributed by atoms with Crippen molar-refractivity contribution in [2.45, 2.75) is 50.0 Å². The van der Waals surface area contributed by atoms with E-state index in [2.05, 4.69) is 5.32 Å². The Morgan fingerprint density at radius 2 is 1.86 bits per heavy atom. The number of halogens is 1. The summed E-state index contributed by atoms with van der Waals surface area (Å²) in [6, 6.07) is 6.57. The Hall–Kier alpha value is -1.15. The van der Waals surface area contributed by atoms with Crippen LogP contribution in [0.1, 0.15) is 49.4 Å². The number of nitrogens with zero attached hydrogens (tertiary/aromatic N) is 2. The lowest BCUT2D eigenvalue weighted by Crippen LogP contribution is -2.42. The number of carbonyl (C=O) groups excluding carboxylic acids is 1. The smallest absolute Gasteiger partial charge is 0.253 e. The molecule has 1 atom stereocenters. The first-order chi connectivity index (χ1) is 12.9. The topological polar surface area (TPSA) is 69.7 Å². The van der Waals surface area contributed by atoms with E-state index in [4.69, 9.17) is 0 Å². The molecule has 0 aliphatic carbocycles. The zero-order valence-electron chi connectivity index (χ0n) is 16.8. The molecule has 2 fully saturated rings. The van der Waals surface area contributed by atoms with Crippen LogP contribution in [0.25, 0.3) is 0 Å². The number of carbonyl (C=O) groups is 1. The summed E-state index contributed by atoms with van der Waals surface area (Å²) in [5.41, 5.74) is 0.466. The number of hydrogen-bond acceptors (Lipinski definition) is 4. The summed E-state index contributed by atoms with van der Waals surface area (Å²) in [5.74, 6) is 0.535. The van der Waals surface area contributed by atoms with Crippen LogP contribution in [0, 0.1) is 5.92 Å². The van der Waals surface area contributed by atoms with Gasteiger partial charge in [0.2, 0.25) is 10.0 Å². The van der Waals surface area contributed by atoms with Crippen molar-refractivity contribution in [3.8, 4) is 0 Å². The SMILES string of the molecule is CNCC1CCN(C(=O)c2cccc(S(=O)(=O)N3CCCCC3C)c2)CC1.Cl. The Bertz CT molecular complexity index is 764. The fourth-order valence-corrected chi connectivity index (χ4v) is 5.91. The molecular formula is C20H32ClN3O3S. The normalized spacial score (nSPS) is 21.9. The van der Waals surface area contributed by atoms with Crippen LogP contribution in [0.2, 0.25) is 0 Å². The van der Waals surface area contributed by atoms with Gasteiger partial charge in [-0.3, -0.25) is 4.79 Å². The van der Waals surface area contributed by atoms with Gasteiger partial charge in [0.1, 0.15) is 0 Å². The number of rotatable bonds is 5. The quantitative estimate of drug-likeness (QED) is 0.781. The van der Waals surface area contributed by atoms with Gasteiger partial charge in [0.15, 0.2) is 0 Å². The minimum atomic E-state index is -3.56. The van der Waals surface area contributed by atoms with Crippen molar-refractivity contribution in [3.05, 3.63) is 29.8 Å². The van der Waals surface area contributed by atoms with E-state index in [1.165, 1.54) is 0 Å². The molecule has 0 bridgehead atoms. The van der Waals surface area contributed by atoms with E-state index in [1.807, 2.05) is 18.9 Å². The Kier molecular flexibility index (Phi) is 8.30. The monoisotopic (exact) mass is 429 g/mol. The van der Waals surface area contributed by atoms with Crippen molar-refractivity contribution >= 4 is 28.3 Å². The highest BCUT2D eigenvalue weighted by molar-refractivity contribution is 7.89. The van der Waals surface area contributed by atoms with E-state index >= 15 is 0 Å². The molecule has 0 saturated carbocycles. The molecule has 6 nitrogen and oxygen atoms in total. The second-order valence-corrected chi connectivity index (χ2v) is 9.67. The van der Waals surface area contributed by atoms with Crippen LogP contribution in [0.15, 0.2) is 29.2 Å². The maximum absolute atomic E-state index is 13.1. The summed E-state index contributed by atoms with van der Waals surface area (Å²) in [4.78, 5) is 15.0. The minimum absolute atomic E-state index is 0. The van der Waals surface area contributed by atoms with Gasteiger partial charge in [0.25, 0.3) is 5.91 Å². The summed E-state index contributed by atoms with van der Waals surface area (Å²) < 4.78 is 27.7. The highest BCUT2D eigenvalue weighted by Gasteiger charge is 2.31. The van der Waals surface area contributed by atoms with Crippen molar-refractivity contribution in [2.24, 2.45) is 5.92 Å². The largest absolute Gasteiger partial charge is 0.339 e. The van der Waals surface area contributed by atoms with Crippen LogP contribution < -0.4 is 5.32 Å². The molecule has 0 spiro atoms. The Balaban J connectivity index is 0.00000280. The molecule has 2 heterocycles. The van der Waals surface area contributed by atoms with Crippen molar-refractivity contribution in [1.82, 2.24) is 14.5 Å². The zero-order valence-corrected chi connectivity index (χ0v) is 18.4. The lowest BCUT2D eigenvalue weighted by Gasteiger charge is -2.33. The molecule has 1 unspecified atom stereocenters. The molecule has 3 rings (SSSR count). The fraction of sp³-hybridized carbons (Fsp3) is 0.650. The number of amides is 1. The third kappa shape index (κ3) is 5.06. The lowest BCUT2D eigenvalue weighted by atomic mass is 9.96. The van der Waals surface area contributed by atoms with E-state index < -0.39 is 10.0 Å². The molecule has 8 heteroatoms. The maximum atomic E-state index is 13.1. The van der Waals surface area contributed by atoms with Gasteiger partial charge in [-0.2, -0.15) is 4.31 Å². The summed E-state index contributed by atoms with van der Waals surface area (Å²) in [7, 11) is -1.61. The third-order valence-electron chi connectivity index (χ3n) is 5.82. The first-order valence-corrected chi connectivity index (χ1v) is 11.4. The van der Waals surface area contributed by atoms with Crippen LogP contribution in [0.5, 0.6) is 0 Å². The van der Waals surface area contributed by atoms with E-state index in [1.54, 1.807) is 28.6 Å². The second kappa shape index (κ2) is 10.1. The van der Waals surface area contributed by atoms with Crippen molar-refractivity contribution in [3.63, 3.8) is 0 Å². The molecule has 158 valence electrons. The maximum Gasteiger partial charge on any atom is 0.253 e. The van der Waals surface area contributed by atoms with Gasteiger partial charge in [-0.15, -0.1) is 12.4 Å². The van der Waals surface area contributed by atoms with Crippen molar-refractivity contribution in [2.75, 3.05) is 33.2 Å². The molecular weight excluding hydrogens is 398 g/mol. The molecule has 28 heavy (non-hydrogen) atoms. The van der Waals surface area contributed by atoms with E-state index in [0.29, 0.717) is 18.0 Å². The van der Waals surface area contributed by atoms with Gasteiger partial charge in [-0.05, 0) is 70.3 Å². The summed E-state index contributed by atoms with van der Waals surface area (Å²) in [6.07, 6.45) is 4.81. The van der Waals surface area contributed by atoms with Gasteiger partial charge in [-0.25, -0.2) is 8.42 Å². The Labute approximate surface area is 175 Å². The van der Waals surface area contributed by atoms with Gasteiger partial charge in [-0.1, -0.05) is 12.5 Å². The molecule has 0 radical (unpaired) electrons. The number of likely N-dealkylation sites (tertiary alicyclic amines) is 1. The molecule has 2 aliphatic rings. The molecule has 1 aromatic carbocycles. The predicted octanol–water partition coefficient (Wildman–Crippen LogP) is 2.74. The van der Waals surface area contributed by atoms with Gasteiger partial charge < -0.3 is 10.2 Å². The fourth-order valence-electron chi connectivity index (χ4n) is 4.17. The average molecular weight is 430 g/mol. The number of hydrogen-bond donors (Lipinski definition) is 1. The van der Waals surface area contributed by atoms with Crippen LogP contribution in [0.4, 0.5) is 0 Å². The first-order valence-electron chi connectivity index (χ1n) is 9.99. The molecule has 0 aromatic heterocycles. The lowest BCUT2D eigenvalue weighted by molar-refractivity contribution is 0.0690. The highest BCUT2D eigenvalue weighted by atomic mass is 35.5. The van der Waals surface area contributed by atoms with Crippen LogP contribution in [-0.2, 0) is 10.0 Å². The number of benzene rings is 1. The summed E-state index contributed by atoms with van der Waals surface area (Å²) >= 11 is 0. The van der Waals surface area contributed by atoms with Crippen LogP contribution in [-0.4, -0.2) is 62.8 Å². The van der Waals surface area contributed by atoms with Crippen LogP contribution >= 0.6 is 12.4 Å². The number of sulfonamides is 1. The Morgan fingerprint density at radius 1 is 1.14 bits per heavy atom. The predicted molar refractivity (Wildman–Crippen MR) is 113 cm³/mol. The van der Waals surface area contributed by atoms with Crippen molar-refractivity contribution in [1.29, 1.82) is 0 Å². The average Bonchev–Trinajstić information content (AvgIpc) is 2.68. The zero-order chi connectivity index (χ0) is 19.4. The van der Waals surface area contributed by atoms with Gasteiger partial charge in [0.05, 0.1) is 4.90 Å². The molecule has 1 N–H and O–H groups in total. The summed E-state index contributed by atoms with van der Waals surface area (Å²) in [5, 5.41) is 3.20. The highest BCUT2D eigenvalue weighted by Crippen LogP contribution is 2.26. The van der Waals surface area contributed by atoms with Gasteiger partial charge >= 0.3 is 0 Å². The molecule has 1 aromatic rings. The standard InChI is InChI=1S/C20H31N3O3S.ClH/c1-16-6-3-4-11-23(16)27(25,26)19-8-5-7-18(14-19)20(24)22-12-9-17(10-13-22)15-21-2;/h5,7-8,14,16-17,21H,3-4,6,9-13,15H2,1-2H3;1H. The molecule has 1 amide bonds. The van der Waals surface area contributed by atoms with E-state index in [9.17, 15) is 13.2 Å². The number of nitrogens with one attached hydrogen (secondary N) is 1.